The molecule has 28 heavy (non-hydrogen) atoms. The lowest BCUT2D eigenvalue weighted by Crippen LogP contribution is -2.25. The maximum Gasteiger partial charge on any atom is 0.387 e. The summed E-state index contributed by atoms with van der Waals surface area (Å²) in [5.41, 5.74) is 7.82. The van der Waals surface area contributed by atoms with Crippen molar-refractivity contribution in [2.24, 2.45) is 5.73 Å². The quantitative estimate of drug-likeness (QED) is 0.667. The minimum absolute atomic E-state index is 0.0422. The highest BCUT2D eigenvalue weighted by Gasteiger charge is 2.29. The first kappa shape index (κ1) is 20.1. The van der Waals surface area contributed by atoms with Crippen molar-refractivity contribution in [1.29, 1.82) is 0 Å². The Balaban J connectivity index is 1.73. The molecule has 0 atom stereocenters. The first-order valence-corrected chi connectivity index (χ1v) is 9.29. The second-order valence-electron chi connectivity index (χ2n) is 6.79. The summed E-state index contributed by atoms with van der Waals surface area (Å²) in [6.07, 6.45) is 2.26. The fraction of sp³-hybridized carbons (Fsp3) is 0.381. The number of halogens is 2. The van der Waals surface area contributed by atoms with Crippen LogP contribution in [0.15, 0.2) is 42.5 Å². The second kappa shape index (κ2) is 9.01. The van der Waals surface area contributed by atoms with E-state index in [2.05, 4.69) is 9.64 Å². The average Bonchev–Trinajstić information content (AvgIpc) is 3.49. The van der Waals surface area contributed by atoms with Gasteiger partial charge in [-0.3, -0.25) is 9.69 Å². The minimum Gasteiger partial charge on any atom is -0.490 e. The summed E-state index contributed by atoms with van der Waals surface area (Å²) < 4.78 is 35.1. The number of nitrogens with two attached hydrogens (primary N) is 1. The Kier molecular flexibility index (Phi) is 6.46. The molecule has 1 aliphatic rings. The second-order valence-corrected chi connectivity index (χ2v) is 6.79. The predicted octanol–water partition coefficient (Wildman–Crippen LogP) is 3.95. The van der Waals surface area contributed by atoms with Crippen molar-refractivity contribution in [2.45, 2.75) is 45.5 Å². The van der Waals surface area contributed by atoms with Gasteiger partial charge >= 0.3 is 6.61 Å². The summed E-state index contributed by atoms with van der Waals surface area (Å²) in [6.45, 7) is 0.656. The van der Waals surface area contributed by atoms with Crippen molar-refractivity contribution < 1.29 is 23.0 Å². The number of hydrogen-bond donors (Lipinski definition) is 1. The van der Waals surface area contributed by atoms with Crippen molar-refractivity contribution in [3.63, 3.8) is 0 Å². The molecule has 0 spiro atoms. The van der Waals surface area contributed by atoms with Gasteiger partial charge in [-0.25, -0.2) is 0 Å². The maximum atomic E-state index is 12.6. The molecule has 7 heteroatoms. The van der Waals surface area contributed by atoms with E-state index in [-0.39, 0.29) is 5.75 Å². The van der Waals surface area contributed by atoms with Gasteiger partial charge in [0.1, 0.15) is 0 Å². The largest absolute Gasteiger partial charge is 0.490 e. The number of hydrogen-bond acceptors (Lipinski definition) is 4. The lowest BCUT2D eigenvalue weighted by molar-refractivity contribution is -0.0514. The number of benzene rings is 2. The number of ether oxygens (including phenoxy) is 2. The average molecular weight is 390 g/mol. The lowest BCUT2D eigenvalue weighted by Gasteiger charge is -2.23. The Morgan fingerprint density at radius 1 is 1.11 bits per heavy atom. The van der Waals surface area contributed by atoms with E-state index < -0.39 is 12.5 Å². The van der Waals surface area contributed by atoms with Crippen LogP contribution in [0.1, 0.15) is 41.3 Å². The Morgan fingerprint density at radius 2 is 1.75 bits per heavy atom. The van der Waals surface area contributed by atoms with Gasteiger partial charge < -0.3 is 15.2 Å². The monoisotopic (exact) mass is 390 g/mol. The van der Waals surface area contributed by atoms with Crippen LogP contribution in [-0.2, 0) is 13.1 Å². The molecular formula is C21H24F2N2O3. The molecule has 0 heterocycles. The Bertz CT molecular complexity index is 808. The van der Waals surface area contributed by atoms with E-state index >= 15 is 0 Å². The zero-order valence-electron chi connectivity index (χ0n) is 15.7. The van der Waals surface area contributed by atoms with Gasteiger partial charge in [-0.05, 0) is 55.2 Å². The van der Waals surface area contributed by atoms with Crippen LogP contribution in [-0.4, -0.2) is 30.1 Å². The number of carbonyl (C=O) groups is 1. The predicted molar refractivity (Wildman–Crippen MR) is 101 cm³/mol. The van der Waals surface area contributed by atoms with E-state index in [1.165, 1.54) is 6.07 Å². The summed E-state index contributed by atoms with van der Waals surface area (Å²) in [5, 5.41) is 0. The third kappa shape index (κ3) is 5.42. The minimum atomic E-state index is -2.89. The molecular weight excluding hydrogens is 366 g/mol. The van der Waals surface area contributed by atoms with Crippen molar-refractivity contribution >= 4 is 5.91 Å². The molecule has 1 amide bonds. The highest BCUT2D eigenvalue weighted by molar-refractivity contribution is 5.92. The highest BCUT2D eigenvalue weighted by atomic mass is 19.3. The van der Waals surface area contributed by atoms with Crippen LogP contribution in [0.2, 0.25) is 0 Å². The summed E-state index contributed by atoms with van der Waals surface area (Å²) in [7, 11) is 0. The van der Waals surface area contributed by atoms with Gasteiger partial charge in [0.25, 0.3) is 0 Å². The fourth-order valence-corrected chi connectivity index (χ4v) is 3.11. The van der Waals surface area contributed by atoms with Gasteiger partial charge in [0, 0.05) is 24.7 Å². The van der Waals surface area contributed by atoms with Crippen molar-refractivity contribution in [3.8, 4) is 11.5 Å². The molecule has 1 saturated carbocycles. The number of carbonyl (C=O) groups excluding carboxylic acids is 1. The van der Waals surface area contributed by atoms with E-state index in [0.29, 0.717) is 30.5 Å². The number of primary amides is 1. The van der Waals surface area contributed by atoms with Crippen LogP contribution in [0.3, 0.4) is 0 Å². The van der Waals surface area contributed by atoms with Crippen LogP contribution in [0.5, 0.6) is 11.5 Å². The molecule has 1 fully saturated rings. The molecule has 0 radical (unpaired) electrons. The number of amides is 1. The molecule has 0 saturated heterocycles. The van der Waals surface area contributed by atoms with Crippen molar-refractivity contribution in [2.75, 3.05) is 6.61 Å². The summed E-state index contributed by atoms with van der Waals surface area (Å²) >= 11 is 0. The van der Waals surface area contributed by atoms with Crippen LogP contribution < -0.4 is 15.2 Å². The molecule has 0 bridgehead atoms. The fourth-order valence-electron chi connectivity index (χ4n) is 3.11. The molecule has 0 unspecified atom stereocenters. The first-order chi connectivity index (χ1) is 13.5. The third-order valence-electron chi connectivity index (χ3n) is 4.60. The molecule has 3 rings (SSSR count). The van der Waals surface area contributed by atoms with Crippen LogP contribution in [0.4, 0.5) is 8.78 Å². The van der Waals surface area contributed by atoms with Gasteiger partial charge in [0.05, 0.1) is 6.61 Å². The smallest absolute Gasteiger partial charge is 0.387 e. The number of nitrogens with zero attached hydrogens (tertiary/aromatic N) is 1. The van der Waals surface area contributed by atoms with Crippen LogP contribution >= 0.6 is 0 Å². The van der Waals surface area contributed by atoms with E-state index in [1.54, 1.807) is 31.2 Å². The standard InChI is InChI=1S/C21H24F2N2O3/c1-2-27-19-11-15(5-10-18(19)28-21(22)23)13-25(17-8-9-17)12-14-3-6-16(7-4-14)20(24)26/h3-7,10-11,17,21H,2,8-9,12-13H2,1H3,(H2,24,26). The Morgan fingerprint density at radius 3 is 2.32 bits per heavy atom. The van der Waals surface area contributed by atoms with Crippen LogP contribution in [0, 0.1) is 0 Å². The molecule has 0 aliphatic heterocycles. The van der Waals surface area contributed by atoms with Crippen molar-refractivity contribution in [3.05, 3.63) is 59.2 Å². The summed E-state index contributed by atoms with van der Waals surface area (Å²) in [5.74, 6) is -0.0809. The Labute approximate surface area is 163 Å². The van der Waals surface area contributed by atoms with Gasteiger partial charge in [-0.2, -0.15) is 8.78 Å². The highest BCUT2D eigenvalue weighted by Crippen LogP contribution is 2.33. The van der Waals surface area contributed by atoms with Crippen LogP contribution in [0.25, 0.3) is 0 Å². The van der Waals surface area contributed by atoms with Gasteiger partial charge in [-0.1, -0.05) is 18.2 Å². The first-order valence-electron chi connectivity index (χ1n) is 9.29. The zero-order valence-corrected chi connectivity index (χ0v) is 15.7. The number of rotatable bonds is 10. The summed E-state index contributed by atoms with van der Waals surface area (Å²) in [6, 6.07) is 12.8. The molecule has 1 aliphatic carbocycles. The van der Waals surface area contributed by atoms with Gasteiger partial charge in [0.2, 0.25) is 5.91 Å². The molecule has 2 N–H and O–H groups in total. The summed E-state index contributed by atoms with van der Waals surface area (Å²) in [4.78, 5) is 13.5. The maximum absolute atomic E-state index is 12.6. The van der Waals surface area contributed by atoms with E-state index in [0.717, 1.165) is 30.5 Å². The van der Waals surface area contributed by atoms with E-state index in [4.69, 9.17) is 10.5 Å². The molecule has 2 aromatic carbocycles. The van der Waals surface area contributed by atoms with Crippen molar-refractivity contribution in [1.82, 2.24) is 4.90 Å². The topological polar surface area (TPSA) is 64.8 Å². The molecule has 150 valence electrons. The zero-order chi connectivity index (χ0) is 20.1. The van der Waals surface area contributed by atoms with Gasteiger partial charge in [-0.15, -0.1) is 0 Å². The molecule has 0 aromatic heterocycles. The number of alkyl halides is 2. The van der Waals surface area contributed by atoms with E-state index in [1.807, 2.05) is 12.1 Å². The van der Waals surface area contributed by atoms with E-state index in [9.17, 15) is 13.6 Å². The molecule has 5 nitrogen and oxygen atoms in total. The SMILES string of the molecule is CCOc1cc(CN(Cc2ccc(C(N)=O)cc2)C2CC2)ccc1OC(F)F. The van der Waals surface area contributed by atoms with Gasteiger partial charge in [0.15, 0.2) is 11.5 Å². The molecule has 2 aromatic rings. The Hall–Kier alpha value is -2.67. The normalized spacial score (nSPS) is 13.8. The lowest BCUT2D eigenvalue weighted by atomic mass is 10.1. The third-order valence-corrected chi connectivity index (χ3v) is 4.60.